The van der Waals surface area contributed by atoms with Crippen LogP contribution in [0.2, 0.25) is 0 Å². The molecule has 0 saturated heterocycles. The van der Waals surface area contributed by atoms with Crippen LogP contribution in [0.5, 0.6) is 0 Å². The molecule has 2 nitrogen and oxygen atoms in total. The van der Waals surface area contributed by atoms with Gasteiger partial charge in [0.15, 0.2) is 0 Å². The SMILES string of the molecule is O=c1c2ccccc2[se]n1C12CC3C[C@H](C1)C[C@H](C3)C2. The molecule has 1 aromatic heterocycles. The molecule has 0 radical (unpaired) electrons. The van der Waals surface area contributed by atoms with E-state index in [4.69, 9.17) is 0 Å². The Bertz CT molecular complexity index is 705. The normalized spacial score (nSPS) is 38.7. The summed E-state index contributed by atoms with van der Waals surface area (Å²) >= 11 is 0.222. The molecule has 4 aliphatic rings. The maximum atomic E-state index is 12.9. The van der Waals surface area contributed by atoms with E-state index in [1.54, 1.807) is 0 Å². The first-order chi connectivity index (χ1) is 9.73. The molecule has 0 amide bonds. The number of benzene rings is 1. The molecule has 0 spiro atoms. The summed E-state index contributed by atoms with van der Waals surface area (Å²) in [7, 11) is 0. The predicted molar refractivity (Wildman–Crippen MR) is 81.3 cm³/mol. The van der Waals surface area contributed by atoms with Crippen molar-refractivity contribution < 1.29 is 0 Å². The van der Waals surface area contributed by atoms with Crippen LogP contribution in [0.25, 0.3) is 9.65 Å². The monoisotopic (exact) mass is 333 g/mol. The summed E-state index contributed by atoms with van der Waals surface area (Å²) in [5, 5.41) is 0.989. The Morgan fingerprint density at radius 1 is 1.00 bits per heavy atom. The second-order valence-corrected chi connectivity index (χ2v) is 9.40. The van der Waals surface area contributed by atoms with Gasteiger partial charge in [-0.15, -0.1) is 0 Å². The van der Waals surface area contributed by atoms with Crippen molar-refractivity contribution in [3.05, 3.63) is 34.6 Å². The van der Waals surface area contributed by atoms with Crippen LogP contribution in [0.15, 0.2) is 29.1 Å². The van der Waals surface area contributed by atoms with Crippen LogP contribution in [0.4, 0.5) is 0 Å². The third-order valence-electron chi connectivity index (χ3n) is 5.93. The first-order valence-electron chi connectivity index (χ1n) is 7.85. The Kier molecular flexibility index (Phi) is 2.30. The number of hydrogen-bond donors (Lipinski definition) is 0. The summed E-state index contributed by atoms with van der Waals surface area (Å²) in [4.78, 5) is 12.9. The molecule has 1 heterocycles. The standard InChI is InChI=1S/C17H19NOSe/c19-16-14-3-1-2-4-15(14)20-18(16)17-8-11-5-12(9-17)7-13(6-11)10-17/h1-4,11-13H,5-10H2/t11-,12-,13?,17?/m1/s1. The van der Waals surface area contributed by atoms with Gasteiger partial charge in [-0.25, -0.2) is 0 Å². The van der Waals surface area contributed by atoms with E-state index >= 15 is 0 Å². The fraction of sp³-hybridized carbons (Fsp3) is 0.588. The van der Waals surface area contributed by atoms with Gasteiger partial charge < -0.3 is 0 Å². The van der Waals surface area contributed by atoms with E-state index in [0.717, 1.165) is 23.1 Å². The van der Waals surface area contributed by atoms with Gasteiger partial charge in [0, 0.05) is 0 Å². The van der Waals surface area contributed by atoms with Crippen molar-refractivity contribution in [1.82, 2.24) is 3.56 Å². The van der Waals surface area contributed by atoms with Crippen LogP contribution in [-0.2, 0) is 5.54 Å². The molecule has 4 bridgehead atoms. The molecule has 0 unspecified atom stereocenters. The van der Waals surface area contributed by atoms with Gasteiger partial charge in [-0.3, -0.25) is 0 Å². The zero-order valence-electron chi connectivity index (χ0n) is 11.5. The summed E-state index contributed by atoms with van der Waals surface area (Å²) in [6.07, 6.45) is 8.21. The maximum absolute atomic E-state index is 12.9. The van der Waals surface area contributed by atoms with Gasteiger partial charge in [0.05, 0.1) is 0 Å². The van der Waals surface area contributed by atoms with Crippen LogP contribution in [0.3, 0.4) is 0 Å². The Balaban J connectivity index is 1.71. The molecule has 3 heteroatoms. The summed E-state index contributed by atoms with van der Waals surface area (Å²) in [6.45, 7) is 0. The molecule has 104 valence electrons. The second kappa shape index (κ2) is 3.90. The first kappa shape index (κ1) is 11.8. The minimum atomic E-state index is 0.222. The van der Waals surface area contributed by atoms with Crippen LogP contribution in [0.1, 0.15) is 38.5 Å². The van der Waals surface area contributed by atoms with Crippen LogP contribution < -0.4 is 5.56 Å². The molecular weight excluding hydrogens is 313 g/mol. The molecule has 4 fully saturated rings. The van der Waals surface area contributed by atoms with E-state index in [9.17, 15) is 4.79 Å². The summed E-state index contributed by atoms with van der Waals surface area (Å²) in [6, 6.07) is 8.28. The Morgan fingerprint density at radius 3 is 2.20 bits per heavy atom. The summed E-state index contributed by atoms with van der Waals surface area (Å²) < 4.78 is 3.63. The third-order valence-corrected chi connectivity index (χ3v) is 8.63. The number of aromatic nitrogens is 1. The van der Waals surface area contributed by atoms with Gasteiger partial charge in [-0.1, -0.05) is 0 Å². The molecular formula is C17H19NOSe. The van der Waals surface area contributed by atoms with E-state index in [1.807, 2.05) is 12.1 Å². The third kappa shape index (κ3) is 1.48. The van der Waals surface area contributed by atoms with Gasteiger partial charge >= 0.3 is 124 Å². The molecule has 0 aliphatic heterocycles. The van der Waals surface area contributed by atoms with Gasteiger partial charge in [-0.2, -0.15) is 0 Å². The number of fused-ring (bicyclic) bond motifs is 1. The molecule has 0 N–H and O–H groups in total. The van der Waals surface area contributed by atoms with Crippen LogP contribution >= 0.6 is 0 Å². The van der Waals surface area contributed by atoms with Crippen molar-refractivity contribution in [2.75, 3.05) is 0 Å². The second-order valence-electron chi connectivity index (χ2n) is 7.33. The summed E-state index contributed by atoms with van der Waals surface area (Å²) in [5.74, 6) is 2.73. The fourth-order valence-electron chi connectivity index (χ4n) is 5.60. The van der Waals surface area contributed by atoms with Crippen molar-refractivity contribution in [1.29, 1.82) is 0 Å². The zero-order valence-corrected chi connectivity index (χ0v) is 13.3. The van der Waals surface area contributed by atoms with Gasteiger partial charge in [0.1, 0.15) is 0 Å². The molecule has 4 saturated carbocycles. The molecule has 0 atom stereocenters. The van der Waals surface area contributed by atoms with E-state index in [2.05, 4.69) is 15.7 Å². The minimum absolute atomic E-state index is 0.222. The van der Waals surface area contributed by atoms with Crippen molar-refractivity contribution in [3.63, 3.8) is 0 Å². The molecule has 6 rings (SSSR count). The summed E-state index contributed by atoms with van der Waals surface area (Å²) in [5.41, 5.74) is 0.577. The average Bonchev–Trinajstić information content (AvgIpc) is 2.76. The predicted octanol–water partition coefficient (Wildman–Crippen LogP) is 2.98. The van der Waals surface area contributed by atoms with Crippen molar-refractivity contribution in [3.8, 4) is 0 Å². The van der Waals surface area contributed by atoms with Gasteiger partial charge in [0.25, 0.3) is 0 Å². The Labute approximate surface area is 124 Å². The first-order valence-corrected chi connectivity index (χ1v) is 9.47. The quantitative estimate of drug-likeness (QED) is 0.736. The topological polar surface area (TPSA) is 22.0 Å². The van der Waals surface area contributed by atoms with E-state index in [0.29, 0.717) is 5.56 Å². The molecule has 20 heavy (non-hydrogen) atoms. The Hall–Kier alpha value is -0.791. The van der Waals surface area contributed by atoms with Gasteiger partial charge in [0.2, 0.25) is 0 Å². The van der Waals surface area contributed by atoms with Gasteiger partial charge in [-0.05, 0) is 0 Å². The number of hydrogen-bond acceptors (Lipinski definition) is 1. The number of rotatable bonds is 1. The van der Waals surface area contributed by atoms with E-state index < -0.39 is 0 Å². The van der Waals surface area contributed by atoms with Crippen LogP contribution in [0, 0.1) is 17.8 Å². The van der Waals surface area contributed by atoms with E-state index in [-0.39, 0.29) is 20.3 Å². The van der Waals surface area contributed by atoms with Crippen molar-refractivity contribution in [2.45, 2.75) is 44.1 Å². The average molecular weight is 332 g/mol. The molecule has 2 aromatic rings. The zero-order chi connectivity index (χ0) is 13.3. The number of nitrogens with zero attached hydrogens (tertiary/aromatic N) is 1. The molecule has 4 aliphatic carbocycles. The van der Waals surface area contributed by atoms with Crippen molar-refractivity contribution in [2.24, 2.45) is 17.8 Å². The van der Waals surface area contributed by atoms with Crippen molar-refractivity contribution >= 4 is 24.4 Å². The van der Waals surface area contributed by atoms with Crippen LogP contribution in [-0.4, -0.2) is 18.3 Å². The Morgan fingerprint density at radius 2 is 1.60 bits per heavy atom. The molecule has 1 aromatic carbocycles. The van der Waals surface area contributed by atoms with E-state index in [1.165, 1.54) is 42.8 Å². The fourth-order valence-corrected chi connectivity index (χ4v) is 8.09.